The summed E-state index contributed by atoms with van der Waals surface area (Å²) in [6, 6.07) is 8.37. The predicted octanol–water partition coefficient (Wildman–Crippen LogP) is 2.54. The number of rotatable bonds is 7. The van der Waals surface area contributed by atoms with Gasteiger partial charge in [-0.15, -0.1) is 11.3 Å². The lowest BCUT2D eigenvalue weighted by Crippen LogP contribution is -2.38. The fraction of sp³-hybridized carbons (Fsp3) is 0.471. The molecule has 0 radical (unpaired) electrons. The molecule has 4 nitrogen and oxygen atoms in total. The number of aliphatic hydroxyl groups excluding tert-OH is 2. The quantitative estimate of drug-likeness (QED) is 0.823. The second-order valence-electron chi connectivity index (χ2n) is 6.30. The van der Waals surface area contributed by atoms with Gasteiger partial charge in [0.05, 0.1) is 13.2 Å². The highest BCUT2D eigenvalue weighted by molar-refractivity contribution is 7.15. The zero-order valence-corrected chi connectivity index (χ0v) is 14.2. The first-order valence-corrected chi connectivity index (χ1v) is 8.19. The summed E-state index contributed by atoms with van der Waals surface area (Å²) in [5, 5.41) is 19.8. The van der Waals surface area contributed by atoms with E-state index >= 15 is 0 Å². The van der Waals surface area contributed by atoms with Crippen molar-refractivity contribution >= 4 is 11.3 Å². The van der Waals surface area contributed by atoms with E-state index in [0.29, 0.717) is 6.54 Å². The standard InChI is InChI=1S/C17H24N2O2S/c1-13-4-6-14(7-5-13)16-18-8-15(22-16)9-19(3)10-17(2,11-20)12-21/h4-8,20-21H,9-12H2,1-3H3. The van der Waals surface area contributed by atoms with Crippen molar-refractivity contribution in [2.24, 2.45) is 5.41 Å². The minimum atomic E-state index is -0.473. The van der Waals surface area contributed by atoms with Gasteiger partial charge in [-0.3, -0.25) is 0 Å². The number of thiazole rings is 1. The molecule has 2 N–H and O–H groups in total. The number of hydrogen-bond acceptors (Lipinski definition) is 5. The summed E-state index contributed by atoms with van der Waals surface area (Å²) in [5.74, 6) is 0. The Morgan fingerprint density at radius 3 is 2.41 bits per heavy atom. The summed E-state index contributed by atoms with van der Waals surface area (Å²) in [6.07, 6.45) is 1.91. The molecule has 2 aromatic rings. The number of hydrogen-bond donors (Lipinski definition) is 2. The maximum absolute atomic E-state index is 9.38. The van der Waals surface area contributed by atoms with Crippen molar-refractivity contribution in [1.82, 2.24) is 9.88 Å². The molecule has 0 atom stereocenters. The number of aliphatic hydroxyl groups is 2. The van der Waals surface area contributed by atoms with Crippen LogP contribution in [0.3, 0.4) is 0 Å². The first-order valence-electron chi connectivity index (χ1n) is 7.38. The summed E-state index contributed by atoms with van der Waals surface area (Å²) in [6.45, 7) is 5.31. The molecule has 0 fully saturated rings. The molecule has 1 heterocycles. The Kier molecular flexibility index (Phi) is 5.69. The fourth-order valence-corrected chi connectivity index (χ4v) is 3.33. The van der Waals surface area contributed by atoms with E-state index in [2.05, 4.69) is 41.1 Å². The van der Waals surface area contributed by atoms with Gasteiger partial charge in [0.1, 0.15) is 5.01 Å². The normalized spacial score (nSPS) is 12.1. The van der Waals surface area contributed by atoms with Gasteiger partial charge in [0.25, 0.3) is 0 Å². The van der Waals surface area contributed by atoms with Crippen LogP contribution in [0.15, 0.2) is 30.5 Å². The van der Waals surface area contributed by atoms with Crippen molar-refractivity contribution in [2.75, 3.05) is 26.8 Å². The SMILES string of the molecule is Cc1ccc(-c2ncc(CN(C)CC(C)(CO)CO)s2)cc1. The molecule has 0 bridgehead atoms. The van der Waals surface area contributed by atoms with Crippen molar-refractivity contribution in [3.63, 3.8) is 0 Å². The first-order chi connectivity index (χ1) is 10.5. The molecule has 0 spiro atoms. The average molecular weight is 320 g/mol. The minimum absolute atomic E-state index is 0.0227. The van der Waals surface area contributed by atoms with Crippen molar-refractivity contribution in [2.45, 2.75) is 20.4 Å². The topological polar surface area (TPSA) is 56.6 Å². The van der Waals surface area contributed by atoms with E-state index in [1.54, 1.807) is 11.3 Å². The molecule has 0 saturated carbocycles. The van der Waals surface area contributed by atoms with Gasteiger partial charge in [-0.25, -0.2) is 4.98 Å². The van der Waals surface area contributed by atoms with Crippen molar-refractivity contribution < 1.29 is 10.2 Å². The molecule has 0 aliphatic heterocycles. The molecular weight excluding hydrogens is 296 g/mol. The molecule has 2 rings (SSSR count). The summed E-state index contributed by atoms with van der Waals surface area (Å²) >= 11 is 1.68. The Hall–Kier alpha value is -1.27. The van der Waals surface area contributed by atoms with Crippen molar-refractivity contribution in [3.8, 4) is 10.6 Å². The van der Waals surface area contributed by atoms with Crippen LogP contribution in [0.5, 0.6) is 0 Å². The highest BCUT2D eigenvalue weighted by Crippen LogP contribution is 2.26. The fourth-order valence-electron chi connectivity index (χ4n) is 2.33. The van der Waals surface area contributed by atoms with E-state index in [9.17, 15) is 10.2 Å². The van der Waals surface area contributed by atoms with E-state index < -0.39 is 5.41 Å². The van der Waals surface area contributed by atoms with Crippen molar-refractivity contribution in [1.29, 1.82) is 0 Å². The van der Waals surface area contributed by atoms with Gasteiger partial charge in [0.15, 0.2) is 0 Å². The predicted molar refractivity (Wildman–Crippen MR) is 90.9 cm³/mol. The van der Waals surface area contributed by atoms with Gasteiger partial charge in [-0.2, -0.15) is 0 Å². The first kappa shape index (κ1) is 17.1. The summed E-state index contributed by atoms with van der Waals surface area (Å²) in [7, 11) is 1.99. The lowest BCUT2D eigenvalue weighted by molar-refractivity contribution is 0.0404. The van der Waals surface area contributed by atoms with Crippen LogP contribution < -0.4 is 0 Å². The number of nitrogens with zero attached hydrogens (tertiary/aromatic N) is 2. The number of aromatic nitrogens is 1. The lowest BCUT2D eigenvalue weighted by Gasteiger charge is -2.29. The zero-order valence-electron chi connectivity index (χ0n) is 13.4. The number of benzene rings is 1. The maximum Gasteiger partial charge on any atom is 0.123 e. The largest absolute Gasteiger partial charge is 0.396 e. The Morgan fingerprint density at radius 1 is 1.18 bits per heavy atom. The second kappa shape index (κ2) is 7.33. The third kappa shape index (κ3) is 4.36. The highest BCUT2D eigenvalue weighted by atomic mass is 32.1. The molecule has 0 amide bonds. The molecule has 22 heavy (non-hydrogen) atoms. The van der Waals surface area contributed by atoms with Gasteiger partial charge in [0.2, 0.25) is 0 Å². The molecule has 0 aliphatic rings. The van der Waals surface area contributed by atoms with Crippen LogP contribution >= 0.6 is 11.3 Å². The van der Waals surface area contributed by atoms with Gasteiger partial charge in [0, 0.05) is 35.1 Å². The third-order valence-corrected chi connectivity index (χ3v) is 4.72. The van der Waals surface area contributed by atoms with Crippen LogP contribution in [0.25, 0.3) is 10.6 Å². The van der Waals surface area contributed by atoms with Crippen LogP contribution in [0.2, 0.25) is 0 Å². The minimum Gasteiger partial charge on any atom is -0.396 e. The van der Waals surface area contributed by atoms with E-state index in [1.165, 1.54) is 10.4 Å². The molecule has 0 saturated heterocycles. The monoisotopic (exact) mass is 320 g/mol. The van der Waals surface area contributed by atoms with Crippen LogP contribution in [0.4, 0.5) is 0 Å². The van der Waals surface area contributed by atoms with Gasteiger partial charge in [-0.05, 0) is 14.0 Å². The van der Waals surface area contributed by atoms with Crippen LogP contribution in [-0.4, -0.2) is 46.9 Å². The Labute approximate surface area is 136 Å². The zero-order chi connectivity index (χ0) is 16.2. The molecule has 0 aliphatic carbocycles. The van der Waals surface area contributed by atoms with E-state index in [1.807, 2.05) is 20.2 Å². The molecule has 120 valence electrons. The smallest absolute Gasteiger partial charge is 0.123 e. The third-order valence-electron chi connectivity index (χ3n) is 3.69. The summed E-state index contributed by atoms with van der Waals surface area (Å²) in [4.78, 5) is 7.79. The summed E-state index contributed by atoms with van der Waals surface area (Å²) in [5.41, 5.74) is 1.91. The van der Waals surface area contributed by atoms with Gasteiger partial charge >= 0.3 is 0 Å². The molecule has 1 aromatic carbocycles. The van der Waals surface area contributed by atoms with E-state index in [-0.39, 0.29) is 13.2 Å². The number of aryl methyl sites for hydroxylation is 1. The van der Waals surface area contributed by atoms with E-state index in [4.69, 9.17) is 0 Å². The molecule has 5 heteroatoms. The Bertz CT molecular complexity index is 591. The molecule has 1 aromatic heterocycles. The Morgan fingerprint density at radius 2 is 1.82 bits per heavy atom. The van der Waals surface area contributed by atoms with Crippen LogP contribution in [-0.2, 0) is 6.54 Å². The van der Waals surface area contributed by atoms with Crippen LogP contribution in [0.1, 0.15) is 17.4 Å². The average Bonchev–Trinajstić information content (AvgIpc) is 2.96. The van der Waals surface area contributed by atoms with E-state index in [0.717, 1.165) is 17.1 Å². The molecule has 0 unspecified atom stereocenters. The Balaban J connectivity index is 2.01. The maximum atomic E-state index is 9.38. The second-order valence-corrected chi connectivity index (χ2v) is 7.41. The van der Waals surface area contributed by atoms with Gasteiger partial charge in [-0.1, -0.05) is 36.8 Å². The highest BCUT2D eigenvalue weighted by Gasteiger charge is 2.24. The summed E-state index contributed by atoms with van der Waals surface area (Å²) < 4.78 is 0. The van der Waals surface area contributed by atoms with Crippen LogP contribution in [0, 0.1) is 12.3 Å². The lowest BCUT2D eigenvalue weighted by atomic mass is 9.92. The van der Waals surface area contributed by atoms with Gasteiger partial charge < -0.3 is 15.1 Å². The van der Waals surface area contributed by atoms with Crippen molar-refractivity contribution in [3.05, 3.63) is 40.9 Å². The molecular formula is C17H24N2O2S.